The van der Waals surface area contributed by atoms with Gasteiger partial charge in [0, 0.05) is 6.20 Å². The molecule has 0 fully saturated rings. The number of carbonyl (C=O) groups excluding carboxylic acids is 2. The summed E-state index contributed by atoms with van der Waals surface area (Å²) in [6.07, 6.45) is 7.96. The first-order valence-corrected chi connectivity index (χ1v) is 10.2. The van der Waals surface area contributed by atoms with E-state index in [0.29, 0.717) is 12.3 Å². The highest BCUT2D eigenvalue weighted by Gasteiger charge is 2.23. The zero-order valence-electron chi connectivity index (χ0n) is 17.6. The third kappa shape index (κ3) is 4.84. The Hall–Kier alpha value is -3.22. The SMILES string of the molecule is CCOC(=O)C(=CNC1=C(Oc2ccc(C)c3c2CCC3)OCC=C1)C(=O)OCC. The fraction of sp³-hybridized carbons (Fsp3) is 0.391. The molecule has 0 amide bonds. The van der Waals surface area contributed by atoms with Gasteiger partial charge >= 0.3 is 17.9 Å². The average Bonchev–Trinajstić information content (AvgIpc) is 3.23. The van der Waals surface area contributed by atoms with Crippen LogP contribution in [0.3, 0.4) is 0 Å². The van der Waals surface area contributed by atoms with Crippen LogP contribution in [0.25, 0.3) is 0 Å². The van der Waals surface area contributed by atoms with Gasteiger partial charge in [0.05, 0.1) is 13.2 Å². The molecule has 0 spiro atoms. The third-order valence-electron chi connectivity index (χ3n) is 4.86. The quantitative estimate of drug-likeness (QED) is 0.303. The Morgan fingerprint density at radius 1 is 1.10 bits per heavy atom. The molecule has 1 aliphatic carbocycles. The van der Waals surface area contributed by atoms with Gasteiger partial charge in [0.2, 0.25) is 0 Å². The Balaban J connectivity index is 1.86. The number of aryl methyl sites for hydroxylation is 1. The Kier molecular flexibility index (Phi) is 7.17. The topological polar surface area (TPSA) is 83.1 Å². The first-order valence-electron chi connectivity index (χ1n) is 10.2. The summed E-state index contributed by atoms with van der Waals surface area (Å²) < 4.78 is 21.7. The van der Waals surface area contributed by atoms with Crippen LogP contribution in [0.5, 0.6) is 5.75 Å². The maximum atomic E-state index is 12.1. The van der Waals surface area contributed by atoms with E-state index in [1.165, 1.54) is 22.9 Å². The smallest absolute Gasteiger partial charge is 0.347 e. The van der Waals surface area contributed by atoms with Crippen LogP contribution in [-0.2, 0) is 36.6 Å². The molecule has 160 valence electrons. The summed E-state index contributed by atoms with van der Waals surface area (Å²) in [5.74, 6) is -0.483. The molecule has 1 heterocycles. The van der Waals surface area contributed by atoms with E-state index < -0.39 is 11.9 Å². The van der Waals surface area contributed by atoms with E-state index in [2.05, 4.69) is 12.2 Å². The van der Waals surface area contributed by atoms with E-state index in [-0.39, 0.29) is 24.7 Å². The molecule has 7 heteroatoms. The van der Waals surface area contributed by atoms with Crippen LogP contribution in [0.2, 0.25) is 0 Å². The Morgan fingerprint density at radius 2 is 1.80 bits per heavy atom. The lowest BCUT2D eigenvalue weighted by atomic mass is 10.0. The van der Waals surface area contributed by atoms with E-state index in [4.69, 9.17) is 18.9 Å². The van der Waals surface area contributed by atoms with Crippen molar-refractivity contribution in [2.45, 2.75) is 40.0 Å². The van der Waals surface area contributed by atoms with Crippen LogP contribution in [0.4, 0.5) is 0 Å². The third-order valence-corrected chi connectivity index (χ3v) is 4.86. The predicted octanol–water partition coefficient (Wildman–Crippen LogP) is 3.22. The van der Waals surface area contributed by atoms with Gasteiger partial charge in [0.15, 0.2) is 5.57 Å². The van der Waals surface area contributed by atoms with Gasteiger partial charge in [-0.05, 0) is 74.9 Å². The van der Waals surface area contributed by atoms with E-state index in [0.717, 1.165) is 25.0 Å². The summed E-state index contributed by atoms with van der Waals surface area (Å²) >= 11 is 0. The van der Waals surface area contributed by atoms with E-state index in [1.54, 1.807) is 26.0 Å². The number of benzene rings is 1. The molecule has 0 saturated carbocycles. The minimum absolute atomic E-state index is 0.147. The molecule has 0 saturated heterocycles. The van der Waals surface area contributed by atoms with Gasteiger partial charge in [-0.25, -0.2) is 9.59 Å². The summed E-state index contributed by atoms with van der Waals surface area (Å²) in [4.78, 5) is 24.3. The van der Waals surface area contributed by atoms with E-state index in [1.807, 2.05) is 12.1 Å². The van der Waals surface area contributed by atoms with Gasteiger partial charge in [0.1, 0.15) is 18.1 Å². The Morgan fingerprint density at radius 3 is 2.50 bits per heavy atom. The van der Waals surface area contributed by atoms with Crippen molar-refractivity contribution in [1.82, 2.24) is 5.32 Å². The van der Waals surface area contributed by atoms with Gasteiger partial charge in [-0.15, -0.1) is 0 Å². The standard InChI is InChI=1S/C23H27NO6/c1-4-27-21(25)18(22(26)28-5-2)14-24-19-10-7-13-29-23(19)30-20-12-11-15(3)16-8-6-9-17(16)20/h7,10-12,14,24H,4-6,8-9,13H2,1-3H3. The summed E-state index contributed by atoms with van der Waals surface area (Å²) in [7, 11) is 0. The van der Waals surface area contributed by atoms with Crippen molar-refractivity contribution in [2.75, 3.05) is 19.8 Å². The zero-order chi connectivity index (χ0) is 21.5. The molecular weight excluding hydrogens is 386 g/mol. The van der Waals surface area contributed by atoms with Crippen LogP contribution in [-0.4, -0.2) is 31.8 Å². The lowest BCUT2D eigenvalue weighted by Crippen LogP contribution is -2.23. The number of hydrogen-bond acceptors (Lipinski definition) is 7. The zero-order valence-corrected chi connectivity index (χ0v) is 17.6. The normalized spacial score (nSPS) is 14.5. The number of fused-ring (bicyclic) bond motifs is 1. The van der Waals surface area contributed by atoms with Gasteiger partial charge < -0.3 is 24.3 Å². The van der Waals surface area contributed by atoms with E-state index in [9.17, 15) is 9.59 Å². The average molecular weight is 413 g/mol. The van der Waals surface area contributed by atoms with E-state index >= 15 is 0 Å². The van der Waals surface area contributed by atoms with Crippen LogP contribution in [0.1, 0.15) is 37.0 Å². The molecule has 1 N–H and O–H groups in total. The number of esters is 2. The highest BCUT2D eigenvalue weighted by atomic mass is 16.7. The Labute approximate surface area is 176 Å². The molecular formula is C23H27NO6. The van der Waals surface area contributed by atoms with Crippen molar-refractivity contribution in [2.24, 2.45) is 0 Å². The van der Waals surface area contributed by atoms with Crippen LogP contribution < -0.4 is 10.1 Å². The van der Waals surface area contributed by atoms with Crippen molar-refractivity contribution < 1.29 is 28.5 Å². The number of carbonyl (C=O) groups is 2. The summed E-state index contributed by atoms with van der Waals surface area (Å²) in [6, 6.07) is 4.00. The second kappa shape index (κ2) is 10.0. The maximum absolute atomic E-state index is 12.1. The molecule has 0 unspecified atom stereocenters. The van der Waals surface area contributed by atoms with Crippen LogP contribution >= 0.6 is 0 Å². The molecule has 0 radical (unpaired) electrons. The van der Waals surface area contributed by atoms with Crippen molar-refractivity contribution in [3.63, 3.8) is 0 Å². The summed E-state index contributed by atoms with van der Waals surface area (Å²) in [5, 5.41) is 2.93. The fourth-order valence-electron chi connectivity index (χ4n) is 3.44. The predicted molar refractivity (Wildman–Crippen MR) is 110 cm³/mol. The molecule has 7 nitrogen and oxygen atoms in total. The Bertz CT molecular complexity index is 893. The number of allylic oxidation sites excluding steroid dienone is 1. The van der Waals surface area contributed by atoms with Crippen molar-refractivity contribution in [1.29, 1.82) is 0 Å². The minimum Gasteiger partial charge on any atom is -0.462 e. The van der Waals surface area contributed by atoms with Crippen molar-refractivity contribution in [3.8, 4) is 5.75 Å². The largest absolute Gasteiger partial charge is 0.462 e. The molecule has 1 aromatic rings. The first kappa shape index (κ1) is 21.5. The second-order valence-corrected chi connectivity index (χ2v) is 6.85. The molecule has 0 bridgehead atoms. The van der Waals surface area contributed by atoms with Gasteiger partial charge in [-0.3, -0.25) is 0 Å². The van der Waals surface area contributed by atoms with Gasteiger partial charge in [-0.2, -0.15) is 0 Å². The highest BCUT2D eigenvalue weighted by molar-refractivity contribution is 6.14. The molecule has 0 aromatic heterocycles. The highest BCUT2D eigenvalue weighted by Crippen LogP contribution is 2.34. The molecule has 1 aromatic carbocycles. The molecule has 30 heavy (non-hydrogen) atoms. The number of ether oxygens (including phenoxy) is 4. The van der Waals surface area contributed by atoms with Crippen LogP contribution in [0, 0.1) is 6.92 Å². The van der Waals surface area contributed by atoms with Crippen molar-refractivity contribution >= 4 is 11.9 Å². The van der Waals surface area contributed by atoms with Gasteiger partial charge in [0.25, 0.3) is 0 Å². The van der Waals surface area contributed by atoms with Crippen LogP contribution in [0.15, 0.2) is 47.7 Å². The maximum Gasteiger partial charge on any atom is 0.347 e. The lowest BCUT2D eigenvalue weighted by molar-refractivity contribution is -0.146. The number of nitrogens with one attached hydrogen (secondary N) is 1. The monoisotopic (exact) mass is 413 g/mol. The number of hydrogen-bond donors (Lipinski definition) is 1. The molecule has 2 aliphatic rings. The minimum atomic E-state index is -0.761. The lowest BCUT2D eigenvalue weighted by Gasteiger charge is -2.19. The first-order chi connectivity index (χ1) is 14.5. The second-order valence-electron chi connectivity index (χ2n) is 6.85. The molecule has 0 atom stereocenters. The molecule has 3 rings (SSSR count). The molecule has 1 aliphatic heterocycles. The number of rotatable bonds is 8. The van der Waals surface area contributed by atoms with Gasteiger partial charge in [-0.1, -0.05) is 6.07 Å². The van der Waals surface area contributed by atoms with Crippen molar-refractivity contribution in [3.05, 3.63) is 64.4 Å². The fourth-order valence-corrected chi connectivity index (χ4v) is 3.44. The summed E-state index contributed by atoms with van der Waals surface area (Å²) in [5.41, 5.74) is 4.05. The summed E-state index contributed by atoms with van der Waals surface area (Å²) in [6.45, 7) is 6.10.